The molecule has 120 valence electrons. The fourth-order valence-corrected chi connectivity index (χ4v) is 4.11. The van der Waals surface area contributed by atoms with Crippen LogP contribution in [0.3, 0.4) is 0 Å². The van der Waals surface area contributed by atoms with Crippen molar-refractivity contribution in [1.82, 2.24) is 4.90 Å². The summed E-state index contributed by atoms with van der Waals surface area (Å²) >= 11 is 1.66. The second-order valence-electron chi connectivity index (χ2n) is 6.30. The molecular weight excluding hydrogens is 301 g/mol. The number of amides is 1. The summed E-state index contributed by atoms with van der Waals surface area (Å²) in [5, 5.41) is 10.4. The molecule has 0 radical (unpaired) electrons. The topological polar surface area (TPSA) is 40.5 Å². The third kappa shape index (κ3) is 3.01. The van der Waals surface area contributed by atoms with Crippen molar-refractivity contribution >= 4 is 17.7 Å². The average Bonchev–Trinajstić information content (AvgIpc) is 3.20. The zero-order valence-electron chi connectivity index (χ0n) is 12.8. The highest BCUT2D eigenvalue weighted by Crippen LogP contribution is 2.49. The Hall–Kier alpha value is -1.07. The molecule has 0 bridgehead atoms. The van der Waals surface area contributed by atoms with Crippen LogP contribution in [0.5, 0.6) is 0 Å². The molecule has 1 aliphatic carbocycles. The lowest BCUT2D eigenvalue weighted by Crippen LogP contribution is -2.42. The van der Waals surface area contributed by atoms with Crippen molar-refractivity contribution in [3.8, 4) is 0 Å². The monoisotopic (exact) mass is 323 g/mol. The maximum atomic E-state index is 13.0. The number of hydrogen-bond acceptors (Lipinski definition) is 3. The minimum absolute atomic E-state index is 0.0946. The number of thioether (sulfide) groups is 1. The van der Waals surface area contributed by atoms with E-state index < -0.39 is 6.10 Å². The Kier molecular flexibility index (Phi) is 4.46. The Morgan fingerprint density at radius 3 is 2.73 bits per heavy atom. The molecule has 5 heteroatoms. The number of halogens is 1. The van der Waals surface area contributed by atoms with Crippen molar-refractivity contribution in [3.63, 3.8) is 0 Å². The van der Waals surface area contributed by atoms with Gasteiger partial charge in [-0.3, -0.25) is 4.79 Å². The maximum Gasteiger partial charge on any atom is 0.239 e. The minimum atomic E-state index is -0.650. The summed E-state index contributed by atoms with van der Waals surface area (Å²) in [7, 11) is 0. The van der Waals surface area contributed by atoms with Crippen LogP contribution in [0.25, 0.3) is 0 Å². The fourth-order valence-electron chi connectivity index (χ4n) is 3.31. The first-order valence-corrected chi connectivity index (χ1v) is 9.08. The molecule has 2 atom stereocenters. The van der Waals surface area contributed by atoms with Gasteiger partial charge in [-0.2, -0.15) is 0 Å². The van der Waals surface area contributed by atoms with E-state index in [2.05, 4.69) is 0 Å². The van der Waals surface area contributed by atoms with Gasteiger partial charge in [0.05, 0.1) is 10.9 Å². The number of aliphatic hydroxyl groups excluding tert-OH is 1. The maximum absolute atomic E-state index is 13.0. The van der Waals surface area contributed by atoms with Gasteiger partial charge in [-0.05, 0) is 56.1 Å². The smallest absolute Gasteiger partial charge is 0.239 e. The number of carbonyl (C=O) groups is 1. The highest BCUT2D eigenvalue weighted by atomic mass is 32.2. The quantitative estimate of drug-likeness (QED) is 0.905. The van der Waals surface area contributed by atoms with E-state index in [0.29, 0.717) is 12.0 Å². The van der Waals surface area contributed by atoms with Crippen molar-refractivity contribution < 1.29 is 14.3 Å². The summed E-state index contributed by atoms with van der Waals surface area (Å²) in [6.45, 7) is 0.794. The van der Waals surface area contributed by atoms with Gasteiger partial charge in [0.1, 0.15) is 5.82 Å². The molecule has 1 aromatic rings. The molecule has 0 unspecified atom stereocenters. The van der Waals surface area contributed by atoms with Crippen LogP contribution in [0.2, 0.25) is 0 Å². The van der Waals surface area contributed by atoms with Gasteiger partial charge in [-0.25, -0.2) is 4.39 Å². The molecule has 0 spiro atoms. The Morgan fingerprint density at radius 1 is 1.45 bits per heavy atom. The highest BCUT2D eigenvalue weighted by molar-refractivity contribution is 8.01. The highest BCUT2D eigenvalue weighted by Gasteiger charge is 2.52. The largest absolute Gasteiger partial charge is 0.388 e. The van der Waals surface area contributed by atoms with Gasteiger partial charge in [-0.1, -0.05) is 12.1 Å². The van der Waals surface area contributed by atoms with Gasteiger partial charge in [0.15, 0.2) is 0 Å². The Labute approximate surface area is 134 Å². The first-order valence-electron chi connectivity index (χ1n) is 7.85. The summed E-state index contributed by atoms with van der Waals surface area (Å²) < 4.78 is 12.8. The number of benzene rings is 1. The molecule has 1 aromatic carbocycles. The molecule has 3 nitrogen and oxygen atoms in total. The number of aliphatic hydroxyl groups is 1. The van der Waals surface area contributed by atoms with Crippen LogP contribution in [0.1, 0.15) is 43.8 Å². The van der Waals surface area contributed by atoms with E-state index in [1.807, 2.05) is 11.2 Å². The van der Waals surface area contributed by atoms with E-state index in [9.17, 15) is 14.3 Å². The molecule has 1 saturated carbocycles. The lowest BCUT2D eigenvalue weighted by molar-refractivity contribution is -0.132. The van der Waals surface area contributed by atoms with Crippen molar-refractivity contribution in [1.29, 1.82) is 0 Å². The van der Waals surface area contributed by atoms with Crippen LogP contribution in [0.15, 0.2) is 24.3 Å². The summed E-state index contributed by atoms with van der Waals surface area (Å²) in [4.78, 5) is 14.7. The van der Waals surface area contributed by atoms with Crippen molar-refractivity contribution in [2.75, 3.05) is 12.8 Å². The molecule has 0 aromatic heterocycles. The Morgan fingerprint density at radius 2 is 2.14 bits per heavy atom. The number of nitrogens with zero attached hydrogens (tertiary/aromatic N) is 1. The summed E-state index contributed by atoms with van der Waals surface area (Å²) in [6.07, 6.45) is 5.76. The van der Waals surface area contributed by atoms with Crippen LogP contribution < -0.4 is 0 Å². The number of likely N-dealkylation sites (tertiary alicyclic amines) is 1. The first kappa shape index (κ1) is 15.8. The van der Waals surface area contributed by atoms with Gasteiger partial charge in [0.25, 0.3) is 0 Å². The van der Waals surface area contributed by atoms with E-state index in [0.717, 1.165) is 32.2 Å². The summed E-state index contributed by atoms with van der Waals surface area (Å²) in [6, 6.07) is 6.06. The van der Waals surface area contributed by atoms with Crippen molar-refractivity contribution in [3.05, 3.63) is 35.6 Å². The molecule has 1 aliphatic heterocycles. The van der Waals surface area contributed by atoms with Crippen LogP contribution >= 0.6 is 11.8 Å². The first-order chi connectivity index (χ1) is 10.6. The van der Waals surface area contributed by atoms with Crippen LogP contribution in [0, 0.1) is 5.82 Å². The third-order valence-electron chi connectivity index (χ3n) is 4.87. The summed E-state index contributed by atoms with van der Waals surface area (Å²) in [5.41, 5.74) is 0.715. The number of hydrogen-bond donors (Lipinski definition) is 1. The molecule has 1 amide bonds. The molecular formula is C17H22FNO2S. The predicted octanol–water partition coefficient (Wildman–Crippen LogP) is 3.14. The van der Waals surface area contributed by atoms with E-state index in [1.165, 1.54) is 12.1 Å². The van der Waals surface area contributed by atoms with E-state index >= 15 is 0 Å². The SMILES string of the molecule is CSC1(C(=O)N2CCC[C@H]2C[C@@H](O)c2ccc(F)cc2)CC1. The van der Waals surface area contributed by atoms with Crippen LogP contribution in [-0.4, -0.2) is 39.5 Å². The van der Waals surface area contributed by atoms with E-state index in [4.69, 9.17) is 0 Å². The van der Waals surface area contributed by atoms with Crippen molar-refractivity contribution in [2.24, 2.45) is 0 Å². The number of carbonyl (C=O) groups excluding carboxylic acids is 1. The Balaban J connectivity index is 1.66. The Bertz CT molecular complexity index is 544. The molecule has 3 rings (SSSR count). The summed E-state index contributed by atoms with van der Waals surface area (Å²) in [5.74, 6) is -0.0573. The molecule has 2 fully saturated rings. The molecule has 1 N–H and O–H groups in total. The zero-order chi connectivity index (χ0) is 15.7. The zero-order valence-corrected chi connectivity index (χ0v) is 13.6. The minimum Gasteiger partial charge on any atom is -0.388 e. The van der Waals surface area contributed by atoms with E-state index in [-0.39, 0.29) is 22.5 Å². The number of rotatable bonds is 5. The fraction of sp³-hybridized carbons (Fsp3) is 0.588. The molecule has 2 aliphatic rings. The van der Waals surface area contributed by atoms with Crippen LogP contribution in [-0.2, 0) is 4.79 Å². The standard InChI is InChI=1S/C17H22FNO2S/c1-22-17(8-9-17)16(21)19-10-2-3-14(19)11-15(20)12-4-6-13(18)7-5-12/h4-7,14-15,20H,2-3,8-11H2,1H3/t14-,15+/m0/s1. The van der Waals surface area contributed by atoms with Gasteiger partial charge >= 0.3 is 0 Å². The lowest BCUT2D eigenvalue weighted by atomic mass is 10.0. The predicted molar refractivity (Wildman–Crippen MR) is 86.2 cm³/mol. The molecule has 1 saturated heterocycles. The normalized spacial score (nSPS) is 24.3. The van der Waals surface area contributed by atoms with Gasteiger partial charge < -0.3 is 10.0 Å². The second kappa shape index (κ2) is 6.20. The molecule has 1 heterocycles. The van der Waals surface area contributed by atoms with Crippen LogP contribution in [0.4, 0.5) is 4.39 Å². The van der Waals surface area contributed by atoms with Gasteiger partial charge in [-0.15, -0.1) is 11.8 Å². The van der Waals surface area contributed by atoms with Gasteiger partial charge in [0.2, 0.25) is 5.91 Å². The average molecular weight is 323 g/mol. The third-order valence-corrected chi connectivity index (χ3v) is 6.24. The molecule has 22 heavy (non-hydrogen) atoms. The second-order valence-corrected chi connectivity index (χ2v) is 7.49. The van der Waals surface area contributed by atoms with E-state index in [1.54, 1.807) is 23.9 Å². The lowest BCUT2D eigenvalue weighted by Gasteiger charge is -2.29. The van der Waals surface area contributed by atoms with Gasteiger partial charge in [0, 0.05) is 12.6 Å². The van der Waals surface area contributed by atoms with Crippen molar-refractivity contribution in [2.45, 2.75) is 49.0 Å².